The highest BCUT2D eigenvalue weighted by molar-refractivity contribution is 6.30. The number of hydrogen-bond donors (Lipinski definition) is 1. The number of carbonyl (C=O) groups excluding carboxylic acids is 1. The topological polar surface area (TPSA) is 42.0 Å². The van der Waals surface area contributed by atoms with Crippen molar-refractivity contribution in [1.82, 2.24) is 10.3 Å². The second-order valence-corrected chi connectivity index (χ2v) is 5.13. The van der Waals surface area contributed by atoms with Gasteiger partial charge in [-0.1, -0.05) is 30.9 Å². The molecule has 1 saturated carbocycles. The van der Waals surface area contributed by atoms with Gasteiger partial charge in [0.05, 0.1) is 10.6 Å². The van der Waals surface area contributed by atoms with Crippen molar-refractivity contribution in [2.45, 2.75) is 44.6 Å². The van der Waals surface area contributed by atoms with E-state index in [1.807, 2.05) is 0 Å². The first-order chi connectivity index (χ1) is 9.08. The molecule has 0 saturated heterocycles. The number of nitrogens with zero attached hydrogens (tertiary/aromatic N) is 1. The summed E-state index contributed by atoms with van der Waals surface area (Å²) in [5.74, 6) is -0.516. The van der Waals surface area contributed by atoms with Crippen molar-refractivity contribution in [3.05, 3.63) is 28.5 Å². The van der Waals surface area contributed by atoms with Crippen molar-refractivity contribution >= 4 is 17.5 Å². The number of halogens is 3. The summed E-state index contributed by atoms with van der Waals surface area (Å²) >= 11 is 5.72. The van der Waals surface area contributed by atoms with Gasteiger partial charge in [-0.15, -0.1) is 0 Å². The van der Waals surface area contributed by atoms with E-state index in [4.69, 9.17) is 11.6 Å². The zero-order chi connectivity index (χ0) is 13.8. The van der Waals surface area contributed by atoms with Crippen LogP contribution in [0.1, 0.15) is 54.6 Å². The Balaban J connectivity index is 2.15. The second kappa shape index (κ2) is 6.28. The van der Waals surface area contributed by atoms with Crippen molar-refractivity contribution in [3.8, 4) is 0 Å². The number of amides is 1. The predicted octanol–water partition coefficient (Wildman–Crippen LogP) is 3.74. The molecule has 0 radical (unpaired) electrons. The van der Waals surface area contributed by atoms with Gasteiger partial charge >= 0.3 is 0 Å². The molecule has 0 aliphatic heterocycles. The molecule has 1 aliphatic rings. The molecule has 1 amide bonds. The third-order valence-electron chi connectivity index (χ3n) is 3.28. The van der Waals surface area contributed by atoms with Gasteiger partial charge in [-0.3, -0.25) is 9.78 Å². The molecule has 1 aromatic rings. The third-order valence-corrected chi connectivity index (χ3v) is 3.48. The van der Waals surface area contributed by atoms with Crippen molar-refractivity contribution in [3.63, 3.8) is 0 Å². The number of hydrogen-bond acceptors (Lipinski definition) is 2. The molecule has 0 spiro atoms. The number of alkyl halides is 2. The van der Waals surface area contributed by atoms with E-state index in [0.29, 0.717) is 0 Å². The fourth-order valence-electron chi connectivity index (χ4n) is 2.32. The van der Waals surface area contributed by atoms with Crippen LogP contribution in [-0.2, 0) is 0 Å². The van der Waals surface area contributed by atoms with Gasteiger partial charge in [0.25, 0.3) is 12.3 Å². The molecule has 1 fully saturated rings. The van der Waals surface area contributed by atoms with Crippen LogP contribution in [0.5, 0.6) is 0 Å². The molecule has 1 aromatic heterocycles. The molecule has 6 heteroatoms. The van der Waals surface area contributed by atoms with E-state index in [9.17, 15) is 13.6 Å². The maximum absolute atomic E-state index is 12.8. The molecule has 0 bridgehead atoms. The lowest BCUT2D eigenvalue weighted by Gasteiger charge is -2.23. The monoisotopic (exact) mass is 288 g/mol. The molecule has 0 atom stereocenters. The van der Waals surface area contributed by atoms with Crippen LogP contribution in [0.2, 0.25) is 5.02 Å². The van der Waals surface area contributed by atoms with Gasteiger partial charge in [0.1, 0.15) is 5.69 Å². The lowest BCUT2D eigenvalue weighted by Crippen LogP contribution is -2.36. The summed E-state index contributed by atoms with van der Waals surface area (Å²) in [6.07, 6.45) is 3.40. The summed E-state index contributed by atoms with van der Waals surface area (Å²) in [5, 5.41) is 2.97. The van der Waals surface area contributed by atoms with Gasteiger partial charge in [-0.25, -0.2) is 8.78 Å². The lowest BCUT2D eigenvalue weighted by molar-refractivity contribution is 0.0911. The Morgan fingerprint density at radius 1 is 1.37 bits per heavy atom. The number of pyridine rings is 1. The minimum atomic E-state index is -2.79. The summed E-state index contributed by atoms with van der Waals surface area (Å²) < 4.78 is 25.6. The molecular weight excluding hydrogens is 274 g/mol. The van der Waals surface area contributed by atoms with Gasteiger partial charge in [0.15, 0.2) is 0 Å². The Hall–Kier alpha value is -1.23. The Bertz CT molecular complexity index is 462. The Morgan fingerprint density at radius 3 is 2.68 bits per heavy atom. The molecule has 3 nitrogen and oxygen atoms in total. The summed E-state index contributed by atoms with van der Waals surface area (Å²) in [6, 6.07) is 1.31. The van der Waals surface area contributed by atoms with E-state index in [1.165, 1.54) is 6.07 Å². The molecule has 1 heterocycles. The predicted molar refractivity (Wildman–Crippen MR) is 68.5 cm³/mol. The summed E-state index contributed by atoms with van der Waals surface area (Å²) in [4.78, 5) is 15.6. The molecule has 104 valence electrons. The highest BCUT2D eigenvalue weighted by Crippen LogP contribution is 2.24. The minimum Gasteiger partial charge on any atom is -0.349 e. The van der Waals surface area contributed by atoms with Crippen LogP contribution in [0.15, 0.2) is 12.3 Å². The van der Waals surface area contributed by atoms with Crippen molar-refractivity contribution in [2.75, 3.05) is 0 Å². The highest BCUT2D eigenvalue weighted by Gasteiger charge is 2.23. The first-order valence-electron chi connectivity index (χ1n) is 6.32. The largest absolute Gasteiger partial charge is 0.349 e. The molecule has 0 unspecified atom stereocenters. The zero-order valence-corrected chi connectivity index (χ0v) is 11.1. The molecule has 19 heavy (non-hydrogen) atoms. The van der Waals surface area contributed by atoms with Crippen molar-refractivity contribution < 1.29 is 13.6 Å². The fourth-order valence-corrected chi connectivity index (χ4v) is 2.47. The van der Waals surface area contributed by atoms with Crippen molar-refractivity contribution in [1.29, 1.82) is 0 Å². The summed E-state index contributed by atoms with van der Waals surface area (Å²) in [6.45, 7) is 0. The third kappa shape index (κ3) is 3.62. The molecule has 1 aliphatic carbocycles. The van der Waals surface area contributed by atoms with E-state index in [-0.39, 0.29) is 16.6 Å². The molecular formula is C13H15ClF2N2O. The Morgan fingerprint density at radius 2 is 2.05 bits per heavy atom. The van der Waals surface area contributed by atoms with Crippen LogP contribution >= 0.6 is 11.6 Å². The van der Waals surface area contributed by atoms with E-state index < -0.39 is 18.0 Å². The number of rotatable bonds is 3. The molecule has 1 N–H and O–H groups in total. The average molecular weight is 289 g/mol. The lowest BCUT2D eigenvalue weighted by atomic mass is 9.95. The highest BCUT2D eigenvalue weighted by atomic mass is 35.5. The van der Waals surface area contributed by atoms with Crippen LogP contribution in [0.3, 0.4) is 0 Å². The SMILES string of the molecule is O=C(NC1CCCCC1)c1cc(Cl)cnc1C(F)F. The zero-order valence-electron chi connectivity index (χ0n) is 10.3. The molecule has 2 rings (SSSR count). The van der Waals surface area contributed by atoms with Gasteiger partial charge in [-0.2, -0.15) is 0 Å². The average Bonchev–Trinajstić information content (AvgIpc) is 2.39. The maximum atomic E-state index is 12.8. The van der Waals surface area contributed by atoms with Crippen LogP contribution < -0.4 is 5.32 Å². The van der Waals surface area contributed by atoms with Gasteiger partial charge in [-0.05, 0) is 18.9 Å². The van der Waals surface area contributed by atoms with E-state index in [2.05, 4.69) is 10.3 Å². The standard InChI is InChI=1S/C13H15ClF2N2O/c14-8-6-10(11(12(15)16)17-7-8)13(19)18-9-4-2-1-3-5-9/h6-7,9,12H,1-5H2,(H,18,19). The quantitative estimate of drug-likeness (QED) is 0.921. The first kappa shape index (κ1) is 14.2. The van der Waals surface area contributed by atoms with Gasteiger partial charge in [0, 0.05) is 12.2 Å². The smallest absolute Gasteiger partial charge is 0.281 e. The summed E-state index contributed by atoms with van der Waals surface area (Å²) in [5.41, 5.74) is -0.647. The Kier molecular flexibility index (Phi) is 4.69. The van der Waals surface area contributed by atoms with Gasteiger partial charge < -0.3 is 5.32 Å². The van der Waals surface area contributed by atoms with Crippen LogP contribution in [0, 0.1) is 0 Å². The molecule has 0 aromatic carbocycles. The van der Waals surface area contributed by atoms with Crippen molar-refractivity contribution in [2.24, 2.45) is 0 Å². The maximum Gasteiger partial charge on any atom is 0.281 e. The minimum absolute atomic E-state index is 0.0609. The van der Waals surface area contributed by atoms with E-state index >= 15 is 0 Å². The number of nitrogens with one attached hydrogen (secondary N) is 1. The van der Waals surface area contributed by atoms with E-state index in [1.54, 1.807) is 0 Å². The number of aromatic nitrogens is 1. The van der Waals surface area contributed by atoms with Crippen LogP contribution in [0.4, 0.5) is 8.78 Å². The second-order valence-electron chi connectivity index (χ2n) is 4.70. The first-order valence-corrected chi connectivity index (χ1v) is 6.70. The van der Waals surface area contributed by atoms with Gasteiger partial charge in [0.2, 0.25) is 0 Å². The van der Waals surface area contributed by atoms with E-state index in [0.717, 1.165) is 38.3 Å². The fraction of sp³-hybridized carbons (Fsp3) is 0.538. The van der Waals surface area contributed by atoms with Crippen LogP contribution in [0.25, 0.3) is 0 Å². The Labute approximate surface area is 115 Å². The normalized spacial score (nSPS) is 16.6. The van der Waals surface area contributed by atoms with Crippen LogP contribution in [-0.4, -0.2) is 16.9 Å². The number of carbonyl (C=O) groups is 1. The summed E-state index contributed by atoms with van der Waals surface area (Å²) in [7, 11) is 0.